The van der Waals surface area contributed by atoms with E-state index in [2.05, 4.69) is 4.84 Å². The highest BCUT2D eigenvalue weighted by atomic mass is 35.5. The van der Waals surface area contributed by atoms with E-state index in [4.69, 9.17) is 22.2 Å². The van der Waals surface area contributed by atoms with E-state index < -0.39 is 0 Å². The Morgan fingerprint density at radius 3 is 2.81 bits per heavy atom. The van der Waals surface area contributed by atoms with Crippen LogP contribution in [0.4, 0.5) is 4.39 Å². The van der Waals surface area contributed by atoms with Gasteiger partial charge in [0.2, 0.25) is 0 Å². The Morgan fingerprint density at radius 1 is 1.44 bits per heavy atom. The third-order valence-electron chi connectivity index (χ3n) is 2.38. The SMILES string of the molecule is NOCCc1cc(F)cc(Cl)c1OC1CC1. The summed E-state index contributed by atoms with van der Waals surface area (Å²) in [6, 6.07) is 2.66. The van der Waals surface area contributed by atoms with Crippen LogP contribution in [0.15, 0.2) is 12.1 Å². The van der Waals surface area contributed by atoms with E-state index >= 15 is 0 Å². The number of nitrogens with two attached hydrogens (primary N) is 1. The maximum atomic E-state index is 13.2. The van der Waals surface area contributed by atoms with Crippen molar-refractivity contribution in [2.75, 3.05) is 6.61 Å². The van der Waals surface area contributed by atoms with Gasteiger partial charge in [-0.1, -0.05) is 11.6 Å². The van der Waals surface area contributed by atoms with Crippen molar-refractivity contribution in [3.8, 4) is 5.75 Å². The fourth-order valence-corrected chi connectivity index (χ4v) is 1.72. The molecule has 1 fully saturated rings. The molecule has 0 atom stereocenters. The van der Waals surface area contributed by atoms with Crippen LogP contribution in [0.25, 0.3) is 0 Å². The van der Waals surface area contributed by atoms with Gasteiger partial charge in [0.05, 0.1) is 17.7 Å². The first-order valence-corrected chi connectivity index (χ1v) is 5.54. The van der Waals surface area contributed by atoms with E-state index in [-0.39, 0.29) is 11.9 Å². The highest BCUT2D eigenvalue weighted by Gasteiger charge is 2.26. The summed E-state index contributed by atoms with van der Waals surface area (Å²) >= 11 is 5.95. The average Bonchev–Trinajstić information content (AvgIpc) is 3.03. The van der Waals surface area contributed by atoms with E-state index in [1.165, 1.54) is 12.1 Å². The van der Waals surface area contributed by atoms with Crippen molar-refractivity contribution in [2.24, 2.45) is 5.90 Å². The third kappa shape index (κ3) is 2.84. The standard InChI is InChI=1S/C11H13ClFNO2/c12-10-6-8(13)5-7(3-4-15-14)11(10)16-9-1-2-9/h5-6,9H,1-4,14H2. The molecule has 0 aliphatic heterocycles. The summed E-state index contributed by atoms with van der Waals surface area (Å²) in [5.41, 5.74) is 0.697. The highest BCUT2D eigenvalue weighted by molar-refractivity contribution is 6.32. The molecule has 1 saturated carbocycles. The molecule has 1 aliphatic carbocycles. The van der Waals surface area contributed by atoms with Gasteiger partial charge in [0, 0.05) is 12.0 Å². The number of ether oxygens (including phenoxy) is 1. The smallest absolute Gasteiger partial charge is 0.141 e. The van der Waals surface area contributed by atoms with Gasteiger partial charge < -0.3 is 9.57 Å². The molecule has 1 aromatic carbocycles. The highest BCUT2D eigenvalue weighted by Crippen LogP contribution is 2.35. The van der Waals surface area contributed by atoms with Gasteiger partial charge in [-0.3, -0.25) is 0 Å². The second kappa shape index (κ2) is 4.99. The van der Waals surface area contributed by atoms with Crippen molar-refractivity contribution in [1.29, 1.82) is 0 Å². The molecule has 0 spiro atoms. The Hall–Kier alpha value is -0.840. The minimum atomic E-state index is -0.375. The lowest BCUT2D eigenvalue weighted by Gasteiger charge is -2.12. The molecule has 16 heavy (non-hydrogen) atoms. The molecule has 0 amide bonds. The van der Waals surface area contributed by atoms with E-state index in [9.17, 15) is 4.39 Å². The van der Waals surface area contributed by atoms with Gasteiger partial charge in [-0.05, 0) is 25.0 Å². The van der Waals surface area contributed by atoms with Crippen LogP contribution in [0.1, 0.15) is 18.4 Å². The Bertz CT molecular complexity index is 382. The first-order valence-electron chi connectivity index (χ1n) is 5.17. The molecule has 1 aliphatic rings. The van der Waals surface area contributed by atoms with Crippen LogP contribution in [0.2, 0.25) is 5.02 Å². The molecule has 2 rings (SSSR count). The Balaban J connectivity index is 2.22. The summed E-state index contributed by atoms with van der Waals surface area (Å²) in [6.07, 6.45) is 2.76. The van der Waals surface area contributed by atoms with Crippen molar-refractivity contribution < 1.29 is 14.0 Å². The summed E-state index contributed by atoms with van der Waals surface area (Å²) in [5.74, 6) is 5.13. The first-order chi connectivity index (χ1) is 7.70. The molecule has 5 heteroatoms. The van der Waals surface area contributed by atoms with Gasteiger partial charge in [-0.2, -0.15) is 0 Å². The van der Waals surface area contributed by atoms with Gasteiger partial charge in [0.25, 0.3) is 0 Å². The zero-order valence-electron chi connectivity index (χ0n) is 8.71. The zero-order valence-corrected chi connectivity index (χ0v) is 9.47. The van der Waals surface area contributed by atoms with Crippen LogP contribution in [0.3, 0.4) is 0 Å². The fraction of sp³-hybridized carbons (Fsp3) is 0.455. The maximum absolute atomic E-state index is 13.2. The molecule has 0 radical (unpaired) electrons. The molecule has 1 aromatic rings. The number of rotatable bonds is 5. The largest absolute Gasteiger partial charge is 0.489 e. The van der Waals surface area contributed by atoms with Crippen LogP contribution in [0.5, 0.6) is 5.75 Å². The molecule has 0 aromatic heterocycles. The van der Waals surface area contributed by atoms with Crippen LogP contribution in [-0.4, -0.2) is 12.7 Å². The van der Waals surface area contributed by atoms with Crippen molar-refractivity contribution in [3.05, 3.63) is 28.5 Å². The van der Waals surface area contributed by atoms with E-state index in [1.807, 2.05) is 0 Å². The molecule has 3 nitrogen and oxygen atoms in total. The minimum Gasteiger partial charge on any atom is -0.489 e. The molecule has 0 saturated heterocycles. The molecular formula is C11H13ClFNO2. The zero-order chi connectivity index (χ0) is 11.5. The molecule has 0 heterocycles. The summed E-state index contributed by atoms with van der Waals surface area (Å²) in [4.78, 5) is 4.48. The van der Waals surface area contributed by atoms with Crippen molar-refractivity contribution in [1.82, 2.24) is 0 Å². The van der Waals surface area contributed by atoms with Crippen molar-refractivity contribution >= 4 is 11.6 Å². The maximum Gasteiger partial charge on any atom is 0.141 e. The Labute approximate surface area is 98.2 Å². The Kier molecular flexibility index (Phi) is 3.63. The average molecular weight is 246 g/mol. The van der Waals surface area contributed by atoms with E-state index in [1.54, 1.807) is 0 Å². The number of benzene rings is 1. The van der Waals surface area contributed by atoms with Crippen LogP contribution in [0, 0.1) is 5.82 Å². The summed E-state index contributed by atoms with van der Waals surface area (Å²) in [7, 11) is 0. The van der Waals surface area contributed by atoms with Gasteiger partial charge in [-0.25, -0.2) is 10.3 Å². The second-order valence-corrected chi connectivity index (χ2v) is 4.22. The van der Waals surface area contributed by atoms with Crippen LogP contribution in [-0.2, 0) is 11.3 Å². The molecule has 88 valence electrons. The summed E-state index contributed by atoms with van der Waals surface area (Å²) in [6.45, 7) is 0.306. The Morgan fingerprint density at radius 2 is 2.19 bits per heavy atom. The third-order valence-corrected chi connectivity index (χ3v) is 2.66. The van der Waals surface area contributed by atoms with E-state index in [0.29, 0.717) is 29.4 Å². The topological polar surface area (TPSA) is 44.5 Å². The van der Waals surface area contributed by atoms with Crippen LogP contribution >= 0.6 is 11.6 Å². The first kappa shape index (κ1) is 11.6. The molecule has 0 bridgehead atoms. The summed E-state index contributed by atoms with van der Waals surface area (Å²) in [5, 5.41) is 0.305. The minimum absolute atomic E-state index is 0.223. The van der Waals surface area contributed by atoms with Crippen LogP contribution < -0.4 is 10.6 Å². The lowest BCUT2D eigenvalue weighted by Crippen LogP contribution is -2.07. The van der Waals surface area contributed by atoms with Gasteiger partial charge in [-0.15, -0.1) is 0 Å². The molecule has 0 unspecified atom stereocenters. The number of hydrogen-bond acceptors (Lipinski definition) is 3. The lowest BCUT2D eigenvalue weighted by molar-refractivity contribution is 0.140. The second-order valence-electron chi connectivity index (χ2n) is 3.81. The van der Waals surface area contributed by atoms with Gasteiger partial charge in [0.1, 0.15) is 11.6 Å². The predicted octanol–water partition coefficient (Wildman–Crippen LogP) is 2.45. The monoisotopic (exact) mass is 245 g/mol. The molecular weight excluding hydrogens is 233 g/mol. The quantitative estimate of drug-likeness (QED) is 0.811. The van der Waals surface area contributed by atoms with Crippen molar-refractivity contribution in [3.63, 3.8) is 0 Å². The van der Waals surface area contributed by atoms with Gasteiger partial charge in [0.15, 0.2) is 0 Å². The number of halogens is 2. The van der Waals surface area contributed by atoms with E-state index in [0.717, 1.165) is 12.8 Å². The normalized spacial score (nSPS) is 15.2. The van der Waals surface area contributed by atoms with Gasteiger partial charge >= 0.3 is 0 Å². The predicted molar refractivity (Wildman–Crippen MR) is 58.9 cm³/mol. The lowest BCUT2D eigenvalue weighted by atomic mass is 10.1. The molecule has 2 N–H and O–H groups in total. The van der Waals surface area contributed by atoms with Crippen molar-refractivity contribution in [2.45, 2.75) is 25.4 Å². The fourth-order valence-electron chi connectivity index (χ4n) is 1.45. The summed E-state index contributed by atoms with van der Waals surface area (Å²) < 4.78 is 18.8. The number of hydrogen-bond donors (Lipinski definition) is 1.